The molecule has 0 saturated carbocycles. The minimum Gasteiger partial charge on any atom is -0.384 e. The fourth-order valence-electron chi connectivity index (χ4n) is 2.76. The van der Waals surface area contributed by atoms with Crippen LogP contribution >= 0.6 is 0 Å². The Labute approximate surface area is 109 Å². The molecule has 1 aromatic heterocycles. The first-order chi connectivity index (χ1) is 8.49. The standard InChI is InChI=1S/C14H22N4/c1-9-6-10(2)11(3)18(8-9)13-7-12(14(15)16)4-5-17-13/h4-5,7,9-11H,6,8H2,1-3H3,(H3,15,16). The summed E-state index contributed by atoms with van der Waals surface area (Å²) in [5, 5.41) is 7.51. The third-order valence-corrected chi connectivity index (χ3v) is 3.95. The van der Waals surface area contributed by atoms with Crippen LogP contribution in [0.5, 0.6) is 0 Å². The second kappa shape index (κ2) is 4.96. The number of nitrogens with two attached hydrogens (primary N) is 1. The lowest BCUT2D eigenvalue weighted by Gasteiger charge is -2.42. The smallest absolute Gasteiger partial charge is 0.129 e. The van der Waals surface area contributed by atoms with Crippen LogP contribution in [0, 0.1) is 17.2 Å². The highest BCUT2D eigenvalue weighted by molar-refractivity contribution is 5.95. The van der Waals surface area contributed by atoms with Gasteiger partial charge in [-0.05, 0) is 37.3 Å². The quantitative estimate of drug-likeness (QED) is 0.621. The van der Waals surface area contributed by atoms with Crippen LogP contribution in [0.2, 0.25) is 0 Å². The molecule has 0 spiro atoms. The van der Waals surface area contributed by atoms with Crippen LogP contribution in [0.15, 0.2) is 18.3 Å². The van der Waals surface area contributed by atoms with Crippen LogP contribution in [0.4, 0.5) is 5.82 Å². The van der Waals surface area contributed by atoms with E-state index in [1.54, 1.807) is 12.3 Å². The van der Waals surface area contributed by atoms with Crippen molar-refractivity contribution < 1.29 is 0 Å². The zero-order valence-corrected chi connectivity index (χ0v) is 11.4. The van der Waals surface area contributed by atoms with Gasteiger partial charge in [-0.25, -0.2) is 4.98 Å². The van der Waals surface area contributed by atoms with Gasteiger partial charge < -0.3 is 10.6 Å². The molecule has 1 saturated heterocycles. The van der Waals surface area contributed by atoms with Crippen molar-refractivity contribution in [2.45, 2.75) is 33.2 Å². The summed E-state index contributed by atoms with van der Waals surface area (Å²) in [6.07, 6.45) is 3.01. The van der Waals surface area contributed by atoms with Gasteiger partial charge in [0.1, 0.15) is 11.7 Å². The molecule has 0 amide bonds. The van der Waals surface area contributed by atoms with Gasteiger partial charge in [-0.1, -0.05) is 13.8 Å². The first-order valence-corrected chi connectivity index (χ1v) is 6.56. The Morgan fingerprint density at radius 3 is 2.83 bits per heavy atom. The number of rotatable bonds is 2. The lowest BCUT2D eigenvalue weighted by atomic mass is 9.86. The number of piperidine rings is 1. The lowest BCUT2D eigenvalue weighted by Crippen LogP contribution is -2.46. The Morgan fingerprint density at radius 1 is 1.44 bits per heavy atom. The average molecular weight is 246 g/mol. The molecule has 3 unspecified atom stereocenters. The van der Waals surface area contributed by atoms with E-state index < -0.39 is 0 Å². The monoisotopic (exact) mass is 246 g/mol. The van der Waals surface area contributed by atoms with E-state index in [0.717, 1.165) is 17.9 Å². The molecule has 2 rings (SSSR count). The molecule has 4 heteroatoms. The van der Waals surface area contributed by atoms with Gasteiger partial charge in [0.2, 0.25) is 0 Å². The van der Waals surface area contributed by atoms with Gasteiger partial charge in [-0.2, -0.15) is 0 Å². The van der Waals surface area contributed by atoms with E-state index in [1.807, 2.05) is 6.07 Å². The zero-order chi connectivity index (χ0) is 13.3. The normalized spacial score (nSPS) is 28.2. The van der Waals surface area contributed by atoms with E-state index in [9.17, 15) is 0 Å². The van der Waals surface area contributed by atoms with E-state index in [0.29, 0.717) is 17.9 Å². The number of nitrogens with zero attached hydrogens (tertiary/aromatic N) is 2. The van der Waals surface area contributed by atoms with Crippen molar-refractivity contribution >= 4 is 11.7 Å². The Hall–Kier alpha value is -1.58. The summed E-state index contributed by atoms with van der Waals surface area (Å²) in [6, 6.07) is 4.19. The first kappa shape index (κ1) is 12.9. The molecule has 1 aromatic rings. The van der Waals surface area contributed by atoms with E-state index in [2.05, 4.69) is 30.7 Å². The third kappa shape index (κ3) is 2.47. The Balaban J connectivity index is 2.29. The number of nitrogen functional groups attached to an aromatic ring is 1. The molecular weight excluding hydrogens is 224 g/mol. The van der Waals surface area contributed by atoms with Crippen LogP contribution in [-0.4, -0.2) is 23.4 Å². The van der Waals surface area contributed by atoms with Crippen molar-refractivity contribution in [3.63, 3.8) is 0 Å². The van der Waals surface area contributed by atoms with Crippen molar-refractivity contribution in [1.29, 1.82) is 5.41 Å². The highest BCUT2D eigenvalue weighted by Crippen LogP contribution is 2.30. The van der Waals surface area contributed by atoms with Gasteiger partial charge in [-0.3, -0.25) is 5.41 Å². The van der Waals surface area contributed by atoms with Crippen LogP contribution in [0.25, 0.3) is 0 Å². The van der Waals surface area contributed by atoms with E-state index in [-0.39, 0.29) is 5.84 Å². The number of pyridine rings is 1. The molecular formula is C14H22N4. The Bertz CT molecular complexity index is 443. The molecule has 1 aliphatic heterocycles. The molecule has 0 aliphatic carbocycles. The summed E-state index contributed by atoms with van der Waals surface area (Å²) in [5.74, 6) is 2.38. The number of nitrogens with one attached hydrogen (secondary N) is 1. The molecule has 2 heterocycles. The van der Waals surface area contributed by atoms with Gasteiger partial charge >= 0.3 is 0 Å². The second-order valence-corrected chi connectivity index (χ2v) is 5.53. The molecule has 18 heavy (non-hydrogen) atoms. The van der Waals surface area contributed by atoms with Crippen molar-refractivity contribution in [2.24, 2.45) is 17.6 Å². The summed E-state index contributed by atoms with van der Waals surface area (Å²) >= 11 is 0. The maximum atomic E-state index is 7.51. The van der Waals surface area contributed by atoms with E-state index >= 15 is 0 Å². The minimum absolute atomic E-state index is 0.101. The van der Waals surface area contributed by atoms with Crippen LogP contribution < -0.4 is 10.6 Å². The maximum absolute atomic E-state index is 7.51. The predicted molar refractivity (Wildman–Crippen MR) is 75.0 cm³/mol. The van der Waals surface area contributed by atoms with Gasteiger partial charge in [0, 0.05) is 24.3 Å². The Morgan fingerprint density at radius 2 is 2.17 bits per heavy atom. The van der Waals surface area contributed by atoms with Gasteiger partial charge in [0.05, 0.1) is 0 Å². The molecule has 3 atom stereocenters. The summed E-state index contributed by atoms with van der Waals surface area (Å²) < 4.78 is 0. The topological polar surface area (TPSA) is 66.0 Å². The molecule has 0 aromatic carbocycles. The van der Waals surface area contributed by atoms with Gasteiger partial charge in [0.25, 0.3) is 0 Å². The van der Waals surface area contributed by atoms with Crippen molar-refractivity contribution in [2.75, 3.05) is 11.4 Å². The number of amidine groups is 1. The predicted octanol–water partition coefficient (Wildman–Crippen LogP) is 2.24. The molecule has 98 valence electrons. The molecule has 0 radical (unpaired) electrons. The first-order valence-electron chi connectivity index (χ1n) is 6.56. The van der Waals surface area contributed by atoms with Gasteiger partial charge in [0.15, 0.2) is 0 Å². The van der Waals surface area contributed by atoms with Crippen LogP contribution in [0.1, 0.15) is 32.8 Å². The molecule has 3 N–H and O–H groups in total. The number of hydrogen-bond acceptors (Lipinski definition) is 3. The van der Waals surface area contributed by atoms with Crippen molar-refractivity contribution in [1.82, 2.24) is 4.98 Å². The highest BCUT2D eigenvalue weighted by Gasteiger charge is 2.29. The SMILES string of the molecule is CC1CC(C)C(C)N(c2cc(C(=N)N)ccn2)C1. The largest absolute Gasteiger partial charge is 0.384 e. The van der Waals surface area contributed by atoms with Crippen LogP contribution in [-0.2, 0) is 0 Å². The maximum Gasteiger partial charge on any atom is 0.129 e. The summed E-state index contributed by atoms with van der Waals surface area (Å²) in [6.45, 7) is 7.85. The average Bonchev–Trinajstić information content (AvgIpc) is 2.34. The minimum atomic E-state index is 0.101. The third-order valence-electron chi connectivity index (χ3n) is 3.95. The highest BCUT2D eigenvalue weighted by atomic mass is 15.2. The zero-order valence-electron chi connectivity index (χ0n) is 11.4. The van der Waals surface area contributed by atoms with E-state index in [4.69, 9.17) is 11.1 Å². The molecule has 0 bridgehead atoms. The molecule has 1 aliphatic rings. The Kier molecular flexibility index (Phi) is 3.55. The number of aromatic nitrogens is 1. The lowest BCUT2D eigenvalue weighted by molar-refractivity contribution is 0.295. The number of anilines is 1. The molecule has 1 fully saturated rings. The fraction of sp³-hybridized carbons (Fsp3) is 0.571. The van der Waals surface area contributed by atoms with Crippen LogP contribution in [0.3, 0.4) is 0 Å². The van der Waals surface area contributed by atoms with E-state index in [1.165, 1.54) is 6.42 Å². The van der Waals surface area contributed by atoms with Crippen molar-refractivity contribution in [3.8, 4) is 0 Å². The summed E-state index contributed by atoms with van der Waals surface area (Å²) in [5.41, 5.74) is 6.29. The fourth-order valence-corrected chi connectivity index (χ4v) is 2.76. The molecule has 4 nitrogen and oxygen atoms in total. The van der Waals surface area contributed by atoms with Gasteiger partial charge in [-0.15, -0.1) is 0 Å². The number of hydrogen-bond donors (Lipinski definition) is 2. The second-order valence-electron chi connectivity index (χ2n) is 5.53. The van der Waals surface area contributed by atoms with Crippen molar-refractivity contribution in [3.05, 3.63) is 23.9 Å². The summed E-state index contributed by atoms with van der Waals surface area (Å²) in [7, 11) is 0. The summed E-state index contributed by atoms with van der Waals surface area (Å²) in [4.78, 5) is 6.78.